The van der Waals surface area contributed by atoms with Gasteiger partial charge in [0, 0.05) is 19.1 Å². The Morgan fingerprint density at radius 2 is 1.94 bits per heavy atom. The smallest absolute Gasteiger partial charge is 0.0746 e. The number of hydrogen-bond acceptors (Lipinski definition) is 3. The van der Waals surface area contributed by atoms with Crippen molar-refractivity contribution in [3.63, 3.8) is 0 Å². The van der Waals surface area contributed by atoms with Crippen molar-refractivity contribution in [2.75, 3.05) is 32.7 Å². The maximum Gasteiger partial charge on any atom is 0.0746 e. The summed E-state index contributed by atoms with van der Waals surface area (Å²) in [4.78, 5) is 4.90. The minimum Gasteiger partial charge on any atom is -0.389 e. The van der Waals surface area contributed by atoms with Crippen molar-refractivity contribution in [3.05, 3.63) is 0 Å². The number of nitrogens with zero attached hydrogens (tertiary/aromatic N) is 2. The van der Waals surface area contributed by atoms with Crippen LogP contribution in [0.5, 0.6) is 0 Å². The Morgan fingerprint density at radius 3 is 2.44 bits per heavy atom. The third-order valence-corrected chi connectivity index (χ3v) is 3.78. The summed E-state index contributed by atoms with van der Waals surface area (Å²) in [5.74, 6) is 0. The van der Waals surface area contributed by atoms with Crippen LogP contribution in [0.15, 0.2) is 0 Å². The van der Waals surface area contributed by atoms with Crippen LogP contribution in [0.4, 0.5) is 0 Å². The van der Waals surface area contributed by atoms with Crippen molar-refractivity contribution in [1.29, 1.82) is 0 Å². The molecule has 0 radical (unpaired) electrons. The molecular weight excluding hydrogens is 200 g/mol. The van der Waals surface area contributed by atoms with Crippen LogP contribution in [0.3, 0.4) is 0 Å². The normalized spacial score (nSPS) is 23.2. The van der Waals surface area contributed by atoms with Gasteiger partial charge in [-0.2, -0.15) is 0 Å². The third kappa shape index (κ3) is 3.72. The average molecular weight is 228 g/mol. The highest BCUT2D eigenvalue weighted by Crippen LogP contribution is 2.26. The second-order valence-corrected chi connectivity index (χ2v) is 5.37. The van der Waals surface area contributed by atoms with E-state index in [0.29, 0.717) is 6.04 Å². The van der Waals surface area contributed by atoms with Crippen LogP contribution in [-0.4, -0.2) is 59.3 Å². The topological polar surface area (TPSA) is 26.7 Å². The van der Waals surface area contributed by atoms with Crippen LogP contribution in [0, 0.1) is 0 Å². The molecule has 1 atom stereocenters. The Labute approximate surface area is 100 Å². The molecular formula is C13H28N2O. The first-order valence-electron chi connectivity index (χ1n) is 6.67. The Bertz CT molecular complexity index is 197. The SMILES string of the molecule is CCN(CC)CCN1CCCC1C(C)(C)O. The molecule has 96 valence electrons. The molecule has 0 bridgehead atoms. The fraction of sp³-hybridized carbons (Fsp3) is 1.00. The van der Waals surface area contributed by atoms with Gasteiger partial charge in [0.15, 0.2) is 0 Å². The van der Waals surface area contributed by atoms with Gasteiger partial charge in [-0.15, -0.1) is 0 Å². The molecule has 1 rings (SSSR count). The molecule has 0 aromatic carbocycles. The number of hydrogen-bond donors (Lipinski definition) is 1. The van der Waals surface area contributed by atoms with Crippen molar-refractivity contribution in [2.45, 2.75) is 52.2 Å². The van der Waals surface area contributed by atoms with Crippen molar-refractivity contribution in [2.24, 2.45) is 0 Å². The number of likely N-dealkylation sites (N-methyl/N-ethyl adjacent to an activating group) is 1. The largest absolute Gasteiger partial charge is 0.389 e. The predicted molar refractivity (Wildman–Crippen MR) is 68.7 cm³/mol. The first-order chi connectivity index (χ1) is 7.49. The summed E-state index contributed by atoms with van der Waals surface area (Å²) >= 11 is 0. The molecule has 0 aromatic heterocycles. The Morgan fingerprint density at radius 1 is 1.31 bits per heavy atom. The van der Waals surface area contributed by atoms with E-state index in [9.17, 15) is 5.11 Å². The third-order valence-electron chi connectivity index (χ3n) is 3.78. The molecule has 0 saturated carbocycles. The molecule has 1 aliphatic rings. The van der Waals surface area contributed by atoms with Gasteiger partial charge < -0.3 is 10.0 Å². The molecule has 0 amide bonds. The Kier molecular flexibility index (Phi) is 5.22. The zero-order valence-electron chi connectivity index (χ0n) is 11.4. The summed E-state index contributed by atoms with van der Waals surface area (Å²) < 4.78 is 0. The van der Waals surface area contributed by atoms with E-state index in [1.165, 1.54) is 6.42 Å². The zero-order chi connectivity index (χ0) is 12.2. The van der Waals surface area contributed by atoms with Crippen LogP contribution in [-0.2, 0) is 0 Å². The van der Waals surface area contributed by atoms with Gasteiger partial charge in [0.1, 0.15) is 0 Å². The molecule has 16 heavy (non-hydrogen) atoms. The second-order valence-electron chi connectivity index (χ2n) is 5.37. The van der Waals surface area contributed by atoms with Crippen molar-refractivity contribution >= 4 is 0 Å². The average Bonchev–Trinajstić information content (AvgIpc) is 2.67. The highest BCUT2D eigenvalue weighted by atomic mass is 16.3. The van der Waals surface area contributed by atoms with Crippen molar-refractivity contribution < 1.29 is 5.11 Å². The van der Waals surface area contributed by atoms with E-state index in [-0.39, 0.29) is 0 Å². The van der Waals surface area contributed by atoms with Gasteiger partial charge in [0.25, 0.3) is 0 Å². The molecule has 1 N–H and O–H groups in total. The standard InChI is InChI=1S/C13H28N2O/c1-5-14(6-2)10-11-15-9-7-8-12(15)13(3,4)16/h12,16H,5-11H2,1-4H3. The van der Waals surface area contributed by atoms with Crippen molar-refractivity contribution in [1.82, 2.24) is 9.80 Å². The summed E-state index contributed by atoms with van der Waals surface area (Å²) in [6, 6.07) is 0.350. The van der Waals surface area contributed by atoms with E-state index in [0.717, 1.165) is 39.1 Å². The van der Waals surface area contributed by atoms with Gasteiger partial charge in [-0.05, 0) is 46.3 Å². The summed E-state index contributed by atoms with van der Waals surface area (Å²) in [6.07, 6.45) is 2.37. The molecule has 0 aromatic rings. The molecule has 1 unspecified atom stereocenters. The van der Waals surface area contributed by atoms with E-state index in [1.54, 1.807) is 0 Å². The highest BCUT2D eigenvalue weighted by Gasteiger charge is 2.35. The first-order valence-corrected chi connectivity index (χ1v) is 6.67. The van der Waals surface area contributed by atoms with Gasteiger partial charge in [-0.1, -0.05) is 13.8 Å². The lowest BCUT2D eigenvalue weighted by molar-refractivity contribution is -0.00452. The van der Waals surface area contributed by atoms with Gasteiger partial charge in [-0.25, -0.2) is 0 Å². The molecule has 1 aliphatic heterocycles. The summed E-state index contributed by atoms with van der Waals surface area (Å²) in [6.45, 7) is 13.9. The molecule has 1 fully saturated rings. The fourth-order valence-corrected chi connectivity index (χ4v) is 2.70. The minimum absolute atomic E-state index is 0.350. The van der Waals surface area contributed by atoms with Gasteiger partial charge in [0.2, 0.25) is 0 Å². The van der Waals surface area contributed by atoms with Crippen LogP contribution in [0.25, 0.3) is 0 Å². The lowest BCUT2D eigenvalue weighted by atomic mass is 9.97. The Balaban J connectivity index is 2.41. The monoisotopic (exact) mass is 228 g/mol. The lowest BCUT2D eigenvalue weighted by Crippen LogP contribution is -2.47. The molecule has 0 spiro atoms. The van der Waals surface area contributed by atoms with E-state index < -0.39 is 5.60 Å². The van der Waals surface area contributed by atoms with E-state index >= 15 is 0 Å². The van der Waals surface area contributed by atoms with Crippen LogP contribution in [0.1, 0.15) is 40.5 Å². The van der Waals surface area contributed by atoms with Gasteiger partial charge in [-0.3, -0.25) is 4.90 Å². The highest BCUT2D eigenvalue weighted by molar-refractivity contribution is 4.90. The minimum atomic E-state index is -0.556. The maximum atomic E-state index is 10.1. The molecule has 3 heteroatoms. The van der Waals surface area contributed by atoms with Gasteiger partial charge >= 0.3 is 0 Å². The summed E-state index contributed by atoms with van der Waals surface area (Å²) in [7, 11) is 0. The van der Waals surface area contributed by atoms with E-state index in [2.05, 4.69) is 23.6 Å². The Hall–Kier alpha value is -0.120. The first kappa shape index (κ1) is 13.9. The van der Waals surface area contributed by atoms with Crippen LogP contribution >= 0.6 is 0 Å². The zero-order valence-corrected chi connectivity index (χ0v) is 11.4. The predicted octanol–water partition coefficient (Wildman–Crippen LogP) is 1.56. The number of aliphatic hydroxyl groups is 1. The van der Waals surface area contributed by atoms with Gasteiger partial charge in [0.05, 0.1) is 5.60 Å². The van der Waals surface area contributed by atoms with Crippen molar-refractivity contribution in [3.8, 4) is 0 Å². The van der Waals surface area contributed by atoms with E-state index in [1.807, 2.05) is 13.8 Å². The number of likely N-dealkylation sites (tertiary alicyclic amines) is 1. The lowest BCUT2D eigenvalue weighted by Gasteiger charge is -2.34. The maximum absolute atomic E-state index is 10.1. The fourth-order valence-electron chi connectivity index (χ4n) is 2.70. The molecule has 1 heterocycles. The van der Waals surface area contributed by atoms with Crippen LogP contribution in [0.2, 0.25) is 0 Å². The molecule has 1 saturated heterocycles. The van der Waals surface area contributed by atoms with E-state index in [4.69, 9.17) is 0 Å². The molecule has 0 aliphatic carbocycles. The van der Waals surface area contributed by atoms with Crippen LogP contribution < -0.4 is 0 Å². The molecule has 3 nitrogen and oxygen atoms in total. The number of rotatable bonds is 6. The second kappa shape index (κ2) is 5.99. The summed E-state index contributed by atoms with van der Waals surface area (Å²) in [5.41, 5.74) is -0.556. The summed E-state index contributed by atoms with van der Waals surface area (Å²) in [5, 5.41) is 10.1. The quantitative estimate of drug-likeness (QED) is 0.747.